The van der Waals surface area contributed by atoms with Crippen LogP contribution >= 0.6 is 0 Å². The van der Waals surface area contributed by atoms with Gasteiger partial charge in [0.1, 0.15) is 5.76 Å². The smallest absolute Gasteiger partial charge is 0.329 e. The summed E-state index contributed by atoms with van der Waals surface area (Å²) in [5, 5.41) is 0. The predicted molar refractivity (Wildman–Crippen MR) is 88.5 cm³/mol. The molecule has 1 aromatic rings. The molecule has 25 heavy (non-hydrogen) atoms. The first-order chi connectivity index (χ1) is 11.9. The predicted octanol–water partition coefficient (Wildman–Crippen LogP) is 1.94. The van der Waals surface area contributed by atoms with Crippen molar-refractivity contribution in [3.63, 3.8) is 0 Å². The van der Waals surface area contributed by atoms with Gasteiger partial charge < -0.3 is 18.9 Å². The largest absolute Gasteiger partial charge is 0.493 e. The number of hydrogen-bond acceptors (Lipinski definition) is 7. The van der Waals surface area contributed by atoms with Crippen molar-refractivity contribution in [1.82, 2.24) is 0 Å². The van der Waals surface area contributed by atoms with Gasteiger partial charge >= 0.3 is 5.97 Å². The van der Waals surface area contributed by atoms with Crippen LogP contribution in [0.25, 0.3) is 6.08 Å². The van der Waals surface area contributed by atoms with Gasteiger partial charge in [0, 0.05) is 6.08 Å². The van der Waals surface area contributed by atoms with Crippen molar-refractivity contribution in [3.8, 4) is 17.2 Å². The molecular weight excluding hydrogens is 328 g/mol. The second-order valence-electron chi connectivity index (χ2n) is 5.21. The molecule has 2 rings (SSSR count). The monoisotopic (exact) mass is 346 g/mol. The van der Waals surface area contributed by atoms with Gasteiger partial charge in [-0.3, -0.25) is 14.4 Å². The van der Waals surface area contributed by atoms with Crippen LogP contribution in [0.2, 0.25) is 0 Å². The van der Waals surface area contributed by atoms with Crippen LogP contribution in [0.1, 0.15) is 12.5 Å². The first-order valence-electron chi connectivity index (χ1n) is 7.37. The first-order valence-corrected chi connectivity index (χ1v) is 7.37. The van der Waals surface area contributed by atoms with E-state index in [-0.39, 0.29) is 5.76 Å². The molecule has 0 aromatic heterocycles. The molecule has 7 heteroatoms. The molecule has 0 saturated carbocycles. The number of ketones is 2. The van der Waals surface area contributed by atoms with Crippen LogP contribution in [0.15, 0.2) is 30.0 Å². The molecule has 1 unspecified atom stereocenters. The zero-order chi connectivity index (χ0) is 18.6. The number of carbonyl (C=O) groups excluding carboxylic acids is 3. The quantitative estimate of drug-likeness (QED) is 0.442. The van der Waals surface area contributed by atoms with Gasteiger partial charge in [-0.2, -0.15) is 0 Å². The third-order valence-electron chi connectivity index (χ3n) is 3.54. The average Bonchev–Trinajstić information content (AvgIpc) is 2.57. The Morgan fingerprint density at radius 1 is 1.08 bits per heavy atom. The van der Waals surface area contributed by atoms with Gasteiger partial charge in [-0.05, 0) is 30.7 Å². The fourth-order valence-electron chi connectivity index (χ4n) is 2.38. The third-order valence-corrected chi connectivity index (χ3v) is 3.54. The van der Waals surface area contributed by atoms with Crippen molar-refractivity contribution < 1.29 is 33.3 Å². The maximum Gasteiger partial charge on any atom is 0.329 e. The van der Waals surface area contributed by atoms with Crippen LogP contribution in [0.4, 0.5) is 0 Å². The van der Waals surface area contributed by atoms with Gasteiger partial charge in [0.2, 0.25) is 5.75 Å². The SMILES string of the molecule is COc1cc(C=CC(=O)C2C(=O)C=C(C)OC2=O)cc(OC)c1OC. The molecule has 0 amide bonds. The van der Waals surface area contributed by atoms with Crippen LogP contribution in [0.5, 0.6) is 17.2 Å². The first kappa shape index (κ1) is 18.3. The highest BCUT2D eigenvalue weighted by Crippen LogP contribution is 2.38. The van der Waals surface area contributed by atoms with Crippen LogP contribution in [0, 0.1) is 5.92 Å². The lowest BCUT2D eigenvalue weighted by atomic mass is 9.96. The average molecular weight is 346 g/mol. The Labute approximate surface area is 144 Å². The van der Waals surface area contributed by atoms with Gasteiger partial charge in [0.15, 0.2) is 29.0 Å². The fourth-order valence-corrected chi connectivity index (χ4v) is 2.38. The molecule has 0 fully saturated rings. The topological polar surface area (TPSA) is 88.1 Å². The zero-order valence-electron chi connectivity index (χ0n) is 14.3. The molecule has 7 nitrogen and oxygen atoms in total. The van der Waals surface area contributed by atoms with Gasteiger partial charge in [-0.15, -0.1) is 0 Å². The van der Waals surface area contributed by atoms with E-state index in [2.05, 4.69) is 0 Å². The van der Waals surface area contributed by atoms with Crippen molar-refractivity contribution in [2.75, 3.05) is 21.3 Å². The maximum atomic E-state index is 12.2. The number of esters is 1. The van der Waals surface area contributed by atoms with Crippen molar-refractivity contribution in [1.29, 1.82) is 0 Å². The van der Waals surface area contributed by atoms with E-state index in [4.69, 9.17) is 18.9 Å². The minimum Gasteiger partial charge on any atom is -0.493 e. The number of methoxy groups -OCH3 is 3. The number of hydrogen-bond donors (Lipinski definition) is 0. The highest BCUT2D eigenvalue weighted by atomic mass is 16.5. The maximum absolute atomic E-state index is 12.2. The number of rotatable bonds is 6. The summed E-state index contributed by atoms with van der Waals surface area (Å²) in [7, 11) is 4.43. The molecule has 1 aliphatic heterocycles. The number of carbonyl (C=O) groups is 3. The van der Waals surface area contributed by atoms with E-state index in [1.807, 2.05) is 0 Å². The molecular formula is C18H18O7. The van der Waals surface area contributed by atoms with E-state index in [1.165, 1.54) is 34.3 Å². The Balaban J connectivity index is 2.28. The Morgan fingerprint density at radius 2 is 1.68 bits per heavy atom. The second-order valence-corrected chi connectivity index (χ2v) is 5.21. The molecule has 0 radical (unpaired) electrons. The third kappa shape index (κ3) is 3.88. The standard InChI is InChI=1S/C18H18O7/c1-10-7-13(20)16(18(21)25-10)12(19)6-5-11-8-14(22-2)17(24-4)15(9-11)23-3/h5-9,16H,1-4H3. The molecule has 0 saturated heterocycles. The zero-order valence-corrected chi connectivity index (χ0v) is 14.3. The Bertz CT molecular complexity index is 749. The molecule has 1 heterocycles. The van der Waals surface area contributed by atoms with E-state index >= 15 is 0 Å². The van der Waals surface area contributed by atoms with E-state index in [1.54, 1.807) is 12.1 Å². The summed E-state index contributed by atoms with van der Waals surface area (Å²) in [5.74, 6) is -2.17. The number of allylic oxidation sites excluding steroid dienone is 3. The van der Waals surface area contributed by atoms with Crippen molar-refractivity contribution in [3.05, 3.63) is 35.6 Å². The van der Waals surface area contributed by atoms with E-state index < -0.39 is 23.5 Å². The number of ether oxygens (including phenoxy) is 4. The molecule has 1 aliphatic rings. The van der Waals surface area contributed by atoms with Gasteiger partial charge in [-0.25, -0.2) is 0 Å². The summed E-state index contributed by atoms with van der Waals surface area (Å²) in [6.07, 6.45) is 3.74. The highest BCUT2D eigenvalue weighted by Gasteiger charge is 2.36. The molecule has 0 aliphatic carbocycles. The number of cyclic esters (lactones) is 1. The van der Waals surface area contributed by atoms with Crippen molar-refractivity contribution >= 4 is 23.6 Å². The highest BCUT2D eigenvalue weighted by molar-refractivity contribution is 6.25. The lowest BCUT2D eigenvalue weighted by Crippen LogP contribution is -2.34. The van der Waals surface area contributed by atoms with Crippen LogP contribution in [-0.2, 0) is 19.1 Å². The molecule has 0 spiro atoms. The molecule has 0 N–H and O–H groups in total. The summed E-state index contributed by atoms with van der Waals surface area (Å²) in [5.41, 5.74) is 0.575. The van der Waals surface area contributed by atoms with Crippen molar-refractivity contribution in [2.24, 2.45) is 5.92 Å². The summed E-state index contributed by atoms with van der Waals surface area (Å²) in [6.45, 7) is 1.47. The van der Waals surface area contributed by atoms with Crippen LogP contribution in [-0.4, -0.2) is 38.9 Å². The Hall–Kier alpha value is -3.09. The van der Waals surface area contributed by atoms with E-state index in [0.717, 1.165) is 12.2 Å². The lowest BCUT2D eigenvalue weighted by molar-refractivity contribution is -0.151. The van der Waals surface area contributed by atoms with Crippen LogP contribution in [0.3, 0.4) is 0 Å². The second kappa shape index (κ2) is 7.65. The summed E-state index contributed by atoms with van der Waals surface area (Å²) < 4.78 is 20.5. The van der Waals surface area contributed by atoms with Gasteiger partial charge in [-0.1, -0.05) is 6.08 Å². The number of benzene rings is 1. The summed E-state index contributed by atoms with van der Waals surface area (Å²) >= 11 is 0. The van der Waals surface area contributed by atoms with E-state index in [9.17, 15) is 14.4 Å². The summed E-state index contributed by atoms with van der Waals surface area (Å²) in [6, 6.07) is 3.27. The summed E-state index contributed by atoms with van der Waals surface area (Å²) in [4.78, 5) is 35.8. The molecule has 132 valence electrons. The molecule has 1 aromatic carbocycles. The van der Waals surface area contributed by atoms with E-state index in [0.29, 0.717) is 22.8 Å². The minimum absolute atomic E-state index is 0.174. The Morgan fingerprint density at radius 3 is 2.16 bits per heavy atom. The fraction of sp³-hybridized carbons (Fsp3) is 0.278. The normalized spacial score (nSPS) is 17.1. The van der Waals surface area contributed by atoms with Gasteiger partial charge in [0.05, 0.1) is 21.3 Å². The lowest BCUT2D eigenvalue weighted by Gasteiger charge is -2.16. The minimum atomic E-state index is -1.47. The van der Waals surface area contributed by atoms with Crippen LogP contribution < -0.4 is 14.2 Å². The molecule has 1 atom stereocenters. The van der Waals surface area contributed by atoms with Gasteiger partial charge in [0.25, 0.3) is 0 Å². The Kier molecular flexibility index (Phi) is 5.59. The molecule has 0 bridgehead atoms. The van der Waals surface area contributed by atoms with Crippen molar-refractivity contribution in [2.45, 2.75) is 6.92 Å².